The van der Waals surface area contributed by atoms with Gasteiger partial charge in [0, 0.05) is 38.4 Å². The van der Waals surface area contributed by atoms with Crippen LogP contribution in [0.3, 0.4) is 0 Å². The second kappa shape index (κ2) is 9.07. The molecule has 27 heavy (non-hydrogen) atoms. The van der Waals surface area contributed by atoms with E-state index in [0.29, 0.717) is 36.0 Å². The van der Waals surface area contributed by atoms with Crippen molar-refractivity contribution in [3.63, 3.8) is 0 Å². The van der Waals surface area contributed by atoms with E-state index in [0.717, 1.165) is 37.9 Å². The second-order valence-corrected chi connectivity index (χ2v) is 7.56. The largest absolute Gasteiger partial charge is 0.348 e. The summed E-state index contributed by atoms with van der Waals surface area (Å²) < 4.78 is 5.14. The minimum atomic E-state index is -0.0668. The monoisotopic (exact) mass is 391 g/mol. The molecule has 1 aliphatic rings. The van der Waals surface area contributed by atoms with Crippen molar-refractivity contribution in [1.82, 2.24) is 25.3 Å². The van der Waals surface area contributed by atoms with E-state index in [2.05, 4.69) is 20.4 Å². The SMILES string of the molecule is CCc1noc(CCC(=O)N2CCCC(NC(=O)c3scnc3C)CC2)n1. The predicted molar refractivity (Wildman–Crippen MR) is 101 cm³/mol. The van der Waals surface area contributed by atoms with Gasteiger partial charge in [0.2, 0.25) is 11.8 Å². The van der Waals surface area contributed by atoms with Gasteiger partial charge in [0.15, 0.2) is 5.82 Å². The first-order chi connectivity index (χ1) is 13.1. The zero-order valence-electron chi connectivity index (χ0n) is 15.7. The molecule has 0 saturated carbocycles. The van der Waals surface area contributed by atoms with Crippen LogP contribution in [0, 0.1) is 6.92 Å². The number of thiazole rings is 1. The number of amides is 2. The van der Waals surface area contributed by atoms with Crippen molar-refractivity contribution in [1.29, 1.82) is 0 Å². The summed E-state index contributed by atoms with van der Waals surface area (Å²) >= 11 is 1.36. The van der Waals surface area contributed by atoms with Crippen LogP contribution in [0.15, 0.2) is 10.0 Å². The lowest BCUT2D eigenvalue weighted by atomic mass is 10.1. The quantitative estimate of drug-likeness (QED) is 0.810. The van der Waals surface area contributed by atoms with E-state index in [1.54, 1.807) is 5.51 Å². The summed E-state index contributed by atoms with van der Waals surface area (Å²) in [7, 11) is 0. The number of nitrogens with zero attached hydrogens (tertiary/aromatic N) is 4. The van der Waals surface area contributed by atoms with Crippen LogP contribution >= 0.6 is 11.3 Å². The van der Waals surface area contributed by atoms with Gasteiger partial charge in [-0.3, -0.25) is 9.59 Å². The number of aryl methyl sites for hydroxylation is 3. The van der Waals surface area contributed by atoms with Gasteiger partial charge in [-0.25, -0.2) is 4.98 Å². The van der Waals surface area contributed by atoms with Crippen LogP contribution < -0.4 is 5.32 Å². The lowest BCUT2D eigenvalue weighted by molar-refractivity contribution is -0.131. The molecule has 1 aliphatic heterocycles. The van der Waals surface area contributed by atoms with Gasteiger partial charge < -0.3 is 14.7 Å². The summed E-state index contributed by atoms with van der Waals surface area (Å²) in [6, 6.07) is 0.0832. The van der Waals surface area contributed by atoms with Crippen LogP contribution in [0.4, 0.5) is 0 Å². The molecule has 0 radical (unpaired) electrons. The zero-order valence-corrected chi connectivity index (χ0v) is 16.5. The fourth-order valence-electron chi connectivity index (χ4n) is 3.17. The molecule has 1 N–H and O–H groups in total. The minimum absolute atomic E-state index is 0.0668. The van der Waals surface area contributed by atoms with Crippen LogP contribution in [-0.4, -0.2) is 51.0 Å². The maximum atomic E-state index is 12.5. The third kappa shape index (κ3) is 5.12. The number of hydrogen-bond donors (Lipinski definition) is 1. The maximum Gasteiger partial charge on any atom is 0.263 e. The molecule has 1 saturated heterocycles. The Balaban J connectivity index is 1.46. The number of nitrogens with one attached hydrogen (secondary N) is 1. The fraction of sp³-hybridized carbons (Fsp3) is 0.611. The maximum absolute atomic E-state index is 12.5. The number of hydrogen-bond acceptors (Lipinski definition) is 7. The molecule has 2 amide bonds. The molecule has 0 aliphatic carbocycles. The van der Waals surface area contributed by atoms with Crippen molar-refractivity contribution in [2.45, 2.75) is 58.4 Å². The van der Waals surface area contributed by atoms with Crippen LogP contribution in [0.2, 0.25) is 0 Å². The Morgan fingerprint density at radius 3 is 2.93 bits per heavy atom. The first kappa shape index (κ1) is 19.5. The molecule has 2 aromatic rings. The third-order valence-corrected chi connectivity index (χ3v) is 5.67. The van der Waals surface area contributed by atoms with Gasteiger partial charge in [0.25, 0.3) is 5.91 Å². The molecule has 1 atom stereocenters. The third-order valence-electron chi connectivity index (χ3n) is 4.75. The molecule has 1 fully saturated rings. The van der Waals surface area contributed by atoms with Crippen LogP contribution in [0.1, 0.15) is 59.7 Å². The van der Waals surface area contributed by atoms with Crippen molar-refractivity contribution < 1.29 is 14.1 Å². The van der Waals surface area contributed by atoms with Gasteiger partial charge in [-0.15, -0.1) is 11.3 Å². The molecule has 0 bridgehead atoms. The molecule has 3 rings (SSSR count). The predicted octanol–water partition coefficient (Wildman–Crippen LogP) is 2.14. The van der Waals surface area contributed by atoms with E-state index in [9.17, 15) is 9.59 Å². The Bertz CT molecular complexity index is 788. The van der Waals surface area contributed by atoms with Crippen LogP contribution in [0.25, 0.3) is 0 Å². The van der Waals surface area contributed by atoms with E-state index >= 15 is 0 Å². The highest BCUT2D eigenvalue weighted by Crippen LogP contribution is 2.16. The Morgan fingerprint density at radius 2 is 2.22 bits per heavy atom. The molecule has 146 valence electrons. The molecule has 8 nitrogen and oxygen atoms in total. The summed E-state index contributed by atoms with van der Waals surface area (Å²) in [4.78, 5) is 35.8. The highest BCUT2D eigenvalue weighted by Gasteiger charge is 2.23. The fourth-order valence-corrected chi connectivity index (χ4v) is 3.87. The molecule has 0 spiro atoms. The highest BCUT2D eigenvalue weighted by atomic mass is 32.1. The van der Waals surface area contributed by atoms with Gasteiger partial charge >= 0.3 is 0 Å². The van der Waals surface area contributed by atoms with E-state index in [-0.39, 0.29) is 17.9 Å². The highest BCUT2D eigenvalue weighted by molar-refractivity contribution is 7.11. The summed E-state index contributed by atoms with van der Waals surface area (Å²) in [6.07, 6.45) is 4.05. The number of carbonyl (C=O) groups excluding carboxylic acids is 2. The molecule has 0 aromatic carbocycles. The Kier molecular flexibility index (Phi) is 6.54. The molecular formula is C18H25N5O3S. The summed E-state index contributed by atoms with van der Waals surface area (Å²) in [5.74, 6) is 1.21. The minimum Gasteiger partial charge on any atom is -0.348 e. The van der Waals surface area contributed by atoms with Gasteiger partial charge in [0.05, 0.1) is 11.2 Å². The number of aromatic nitrogens is 3. The number of carbonyl (C=O) groups is 2. The summed E-state index contributed by atoms with van der Waals surface area (Å²) in [6.45, 7) is 5.17. The van der Waals surface area contributed by atoms with Gasteiger partial charge in [-0.1, -0.05) is 12.1 Å². The summed E-state index contributed by atoms with van der Waals surface area (Å²) in [5, 5.41) is 6.94. The topological polar surface area (TPSA) is 101 Å². The van der Waals surface area contributed by atoms with E-state index in [1.807, 2.05) is 18.7 Å². The van der Waals surface area contributed by atoms with Crippen molar-refractivity contribution in [2.24, 2.45) is 0 Å². The van der Waals surface area contributed by atoms with Crippen molar-refractivity contribution in [2.75, 3.05) is 13.1 Å². The molecular weight excluding hydrogens is 366 g/mol. The summed E-state index contributed by atoms with van der Waals surface area (Å²) in [5.41, 5.74) is 2.44. The van der Waals surface area contributed by atoms with Gasteiger partial charge in [-0.05, 0) is 26.2 Å². The molecule has 3 heterocycles. The number of rotatable bonds is 6. The molecule has 1 unspecified atom stereocenters. The molecule has 9 heteroatoms. The van der Waals surface area contributed by atoms with E-state index in [1.165, 1.54) is 11.3 Å². The van der Waals surface area contributed by atoms with Gasteiger partial charge in [-0.2, -0.15) is 4.98 Å². The van der Waals surface area contributed by atoms with Crippen molar-refractivity contribution in [3.05, 3.63) is 27.8 Å². The molecule has 2 aromatic heterocycles. The Morgan fingerprint density at radius 1 is 1.37 bits per heavy atom. The zero-order chi connectivity index (χ0) is 19.2. The van der Waals surface area contributed by atoms with E-state index in [4.69, 9.17) is 4.52 Å². The number of likely N-dealkylation sites (tertiary alicyclic amines) is 1. The second-order valence-electron chi connectivity index (χ2n) is 6.71. The van der Waals surface area contributed by atoms with Crippen LogP contribution in [-0.2, 0) is 17.6 Å². The Hall–Kier alpha value is -2.29. The average molecular weight is 391 g/mol. The lowest BCUT2D eigenvalue weighted by Gasteiger charge is -2.20. The Labute approximate surface area is 162 Å². The standard InChI is InChI=1S/C18H25N5O3S/c1-3-14-21-15(26-22-14)6-7-16(24)23-9-4-5-13(8-10-23)20-18(25)17-12(2)19-11-27-17/h11,13H,3-10H2,1-2H3,(H,20,25). The lowest BCUT2D eigenvalue weighted by Crippen LogP contribution is -2.36. The van der Waals surface area contributed by atoms with Gasteiger partial charge in [0.1, 0.15) is 4.88 Å². The van der Waals surface area contributed by atoms with Crippen molar-refractivity contribution >= 4 is 23.2 Å². The van der Waals surface area contributed by atoms with Crippen LogP contribution in [0.5, 0.6) is 0 Å². The first-order valence-corrected chi connectivity index (χ1v) is 10.2. The smallest absolute Gasteiger partial charge is 0.263 e. The van der Waals surface area contributed by atoms with E-state index < -0.39 is 0 Å². The van der Waals surface area contributed by atoms with Crippen molar-refractivity contribution in [3.8, 4) is 0 Å². The normalized spacial score (nSPS) is 17.6. The average Bonchev–Trinajstić information content (AvgIpc) is 3.24. The first-order valence-electron chi connectivity index (χ1n) is 9.37.